The number of hydrogen-bond acceptors (Lipinski definition) is 2. The van der Waals surface area contributed by atoms with Gasteiger partial charge in [0.2, 0.25) is 0 Å². The molecule has 17 heavy (non-hydrogen) atoms. The van der Waals surface area contributed by atoms with Crippen molar-refractivity contribution in [1.82, 2.24) is 4.90 Å². The van der Waals surface area contributed by atoms with Crippen LogP contribution in [-0.4, -0.2) is 29.6 Å². The van der Waals surface area contributed by atoms with Crippen LogP contribution in [0.1, 0.15) is 12.0 Å². The topological polar surface area (TPSA) is 40.5 Å². The van der Waals surface area contributed by atoms with Gasteiger partial charge in [0.1, 0.15) is 5.82 Å². The predicted molar refractivity (Wildman–Crippen MR) is 62.0 cm³/mol. The van der Waals surface area contributed by atoms with Crippen molar-refractivity contribution in [2.45, 2.75) is 13.0 Å². The van der Waals surface area contributed by atoms with E-state index in [9.17, 15) is 9.18 Å². The number of carboxylic acid groups (broad SMARTS) is 1. The van der Waals surface area contributed by atoms with E-state index in [2.05, 4.69) is 0 Å². The minimum atomic E-state index is -0.700. The monoisotopic (exact) mass is 237 g/mol. The number of carboxylic acids is 1. The molecule has 0 amide bonds. The van der Waals surface area contributed by atoms with E-state index in [0.29, 0.717) is 6.54 Å². The highest BCUT2D eigenvalue weighted by atomic mass is 19.1. The van der Waals surface area contributed by atoms with Crippen LogP contribution in [0.25, 0.3) is 0 Å². The van der Waals surface area contributed by atoms with Gasteiger partial charge in [0.15, 0.2) is 0 Å². The molecule has 4 heteroatoms. The van der Waals surface area contributed by atoms with Gasteiger partial charge in [-0.3, -0.25) is 4.79 Å². The largest absolute Gasteiger partial charge is 0.481 e. The van der Waals surface area contributed by atoms with E-state index >= 15 is 0 Å². The average Bonchev–Trinajstić information content (AvgIpc) is 2.96. The highest BCUT2D eigenvalue weighted by Crippen LogP contribution is 2.39. The van der Waals surface area contributed by atoms with E-state index in [4.69, 9.17) is 5.11 Å². The highest BCUT2D eigenvalue weighted by Gasteiger charge is 2.43. The molecule has 1 N–H and O–H groups in total. The Balaban J connectivity index is 1.82. The van der Waals surface area contributed by atoms with Crippen LogP contribution in [0.5, 0.6) is 0 Å². The Bertz CT molecular complexity index is 422. The molecule has 0 spiro atoms. The summed E-state index contributed by atoms with van der Waals surface area (Å²) in [5.41, 5.74) is 0.917. The molecule has 0 heterocycles. The van der Waals surface area contributed by atoms with E-state index in [1.54, 1.807) is 6.07 Å². The second-order valence-electron chi connectivity index (χ2n) is 4.77. The first-order chi connectivity index (χ1) is 8.06. The lowest BCUT2D eigenvalue weighted by molar-refractivity contribution is -0.138. The lowest BCUT2D eigenvalue weighted by Gasteiger charge is -2.16. The van der Waals surface area contributed by atoms with Gasteiger partial charge in [0.05, 0.1) is 5.92 Å². The molecule has 0 radical (unpaired) electrons. The molecule has 92 valence electrons. The van der Waals surface area contributed by atoms with Crippen LogP contribution >= 0.6 is 0 Å². The van der Waals surface area contributed by atoms with E-state index in [1.165, 1.54) is 12.1 Å². The Hall–Kier alpha value is -1.42. The van der Waals surface area contributed by atoms with E-state index < -0.39 is 5.97 Å². The fraction of sp³-hybridized carbons (Fsp3) is 0.462. The molecule has 2 rings (SSSR count). The molecular formula is C13H16FNO2. The number of benzene rings is 1. The maximum Gasteiger partial charge on any atom is 0.306 e. The Morgan fingerprint density at radius 1 is 1.59 bits per heavy atom. The lowest BCUT2D eigenvalue weighted by atomic mass is 10.2. The Labute approximate surface area is 99.9 Å². The molecule has 0 aromatic heterocycles. The van der Waals surface area contributed by atoms with Crippen molar-refractivity contribution in [2.24, 2.45) is 11.8 Å². The quantitative estimate of drug-likeness (QED) is 0.851. The zero-order valence-electron chi connectivity index (χ0n) is 9.77. The third-order valence-electron chi connectivity index (χ3n) is 3.13. The van der Waals surface area contributed by atoms with Gasteiger partial charge >= 0.3 is 5.97 Å². The maximum atomic E-state index is 13.0. The molecule has 1 aromatic rings. The third kappa shape index (κ3) is 3.27. The Morgan fingerprint density at radius 2 is 2.35 bits per heavy atom. The first-order valence-corrected chi connectivity index (χ1v) is 5.72. The second kappa shape index (κ2) is 4.84. The van der Waals surface area contributed by atoms with E-state index in [1.807, 2.05) is 18.0 Å². The third-order valence-corrected chi connectivity index (χ3v) is 3.13. The van der Waals surface area contributed by atoms with Gasteiger partial charge in [-0.05, 0) is 37.1 Å². The smallest absolute Gasteiger partial charge is 0.306 e. The summed E-state index contributed by atoms with van der Waals surface area (Å²) in [4.78, 5) is 12.7. The molecule has 1 aliphatic rings. The number of carbonyl (C=O) groups is 1. The van der Waals surface area contributed by atoms with Crippen molar-refractivity contribution >= 4 is 5.97 Å². The summed E-state index contributed by atoms with van der Waals surface area (Å²) in [5, 5.41) is 8.79. The molecule has 3 nitrogen and oxygen atoms in total. The number of halogens is 1. The van der Waals surface area contributed by atoms with Crippen molar-refractivity contribution < 1.29 is 14.3 Å². The van der Waals surface area contributed by atoms with Gasteiger partial charge < -0.3 is 10.0 Å². The molecule has 2 atom stereocenters. The van der Waals surface area contributed by atoms with Crippen molar-refractivity contribution in [3.05, 3.63) is 35.6 Å². The molecule has 1 saturated carbocycles. The van der Waals surface area contributed by atoms with Crippen molar-refractivity contribution in [1.29, 1.82) is 0 Å². The van der Waals surface area contributed by atoms with Crippen LogP contribution in [0.15, 0.2) is 24.3 Å². The van der Waals surface area contributed by atoms with Crippen molar-refractivity contribution in [2.75, 3.05) is 13.6 Å². The summed E-state index contributed by atoms with van der Waals surface area (Å²) in [6, 6.07) is 6.50. The summed E-state index contributed by atoms with van der Waals surface area (Å²) in [5.74, 6) is -0.851. The molecule has 1 fully saturated rings. The molecule has 0 aliphatic heterocycles. The highest BCUT2D eigenvalue weighted by molar-refractivity contribution is 5.73. The van der Waals surface area contributed by atoms with Gasteiger partial charge in [-0.15, -0.1) is 0 Å². The minimum Gasteiger partial charge on any atom is -0.481 e. The van der Waals surface area contributed by atoms with Gasteiger partial charge in [-0.1, -0.05) is 12.1 Å². The van der Waals surface area contributed by atoms with Crippen LogP contribution in [0.4, 0.5) is 4.39 Å². The van der Waals surface area contributed by atoms with Gasteiger partial charge in [0.25, 0.3) is 0 Å². The van der Waals surface area contributed by atoms with Gasteiger partial charge in [-0.25, -0.2) is 4.39 Å². The summed E-state index contributed by atoms with van der Waals surface area (Å²) >= 11 is 0. The zero-order valence-corrected chi connectivity index (χ0v) is 9.77. The van der Waals surface area contributed by atoms with E-state index in [-0.39, 0.29) is 17.7 Å². The lowest BCUT2D eigenvalue weighted by Crippen LogP contribution is -2.21. The molecule has 2 unspecified atom stereocenters. The standard InChI is InChI=1S/C13H16FNO2/c1-15(8-10-6-12(10)13(16)17)7-9-3-2-4-11(14)5-9/h2-5,10,12H,6-8H2,1H3,(H,16,17). The van der Waals surface area contributed by atoms with E-state index in [0.717, 1.165) is 18.5 Å². The summed E-state index contributed by atoms with van der Waals surface area (Å²) in [7, 11) is 1.93. The number of aliphatic carboxylic acids is 1. The maximum absolute atomic E-state index is 13.0. The van der Waals surface area contributed by atoms with Crippen LogP contribution in [0.2, 0.25) is 0 Å². The Morgan fingerprint density at radius 3 is 2.94 bits per heavy atom. The number of hydrogen-bond donors (Lipinski definition) is 1. The minimum absolute atomic E-state index is 0.176. The fourth-order valence-electron chi connectivity index (χ4n) is 2.16. The second-order valence-corrected chi connectivity index (χ2v) is 4.77. The number of nitrogens with zero attached hydrogens (tertiary/aromatic N) is 1. The normalized spacial score (nSPS) is 22.8. The average molecular weight is 237 g/mol. The van der Waals surface area contributed by atoms with Gasteiger partial charge in [-0.2, -0.15) is 0 Å². The molecular weight excluding hydrogens is 221 g/mol. The first kappa shape index (κ1) is 12.0. The van der Waals surface area contributed by atoms with Crippen LogP contribution in [-0.2, 0) is 11.3 Å². The molecule has 0 saturated heterocycles. The summed E-state index contributed by atoms with van der Waals surface area (Å²) in [6.45, 7) is 1.41. The van der Waals surface area contributed by atoms with Gasteiger partial charge in [0, 0.05) is 13.1 Å². The van der Waals surface area contributed by atoms with Crippen LogP contribution in [0.3, 0.4) is 0 Å². The summed E-state index contributed by atoms with van der Waals surface area (Å²) in [6.07, 6.45) is 0.767. The molecule has 1 aliphatic carbocycles. The summed E-state index contributed by atoms with van der Waals surface area (Å²) < 4.78 is 13.0. The number of rotatable bonds is 5. The first-order valence-electron chi connectivity index (χ1n) is 5.72. The SMILES string of the molecule is CN(Cc1cccc(F)c1)CC1CC1C(=O)O. The Kier molecular flexibility index (Phi) is 3.43. The fourth-order valence-corrected chi connectivity index (χ4v) is 2.16. The van der Waals surface area contributed by atoms with Crippen LogP contribution < -0.4 is 0 Å². The van der Waals surface area contributed by atoms with Crippen molar-refractivity contribution in [3.63, 3.8) is 0 Å². The van der Waals surface area contributed by atoms with Crippen molar-refractivity contribution in [3.8, 4) is 0 Å². The molecule has 0 bridgehead atoms. The van der Waals surface area contributed by atoms with Crippen LogP contribution in [0, 0.1) is 17.7 Å². The zero-order chi connectivity index (χ0) is 12.4. The molecule has 1 aromatic carbocycles. The predicted octanol–water partition coefficient (Wildman–Crippen LogP) is 1.98.